The molecule has 1 aliphatic rings. The Labute approximate surface area is 114 Å². The van der Waals surface area contributed by atoms with Crippen molar-refractivity contribution < 1.29 is 19.9 Å². The Balaban J connectivity index is 2.69. The molecular weight excluding hydrogens is 247 g/mol. The van der Waals surface area contributed by atoms with Crippen LogP contribution in [0.2, 0.25) is 6.32 Å². The fraction of sp³-hybridized carbons (Fsp3) is 0.917. The van der Waals surface area contributed by atoms with Crippen molar-refractivity contribution in [1.82, 2.24) is 4.90 Å². The van der Waals surface area contributed by atoms with E-state index in [1.165, 1.54) is 0 Å². The molecule has 1 aliphatic carbocycles. The average molecular weight is 272 g/mol. The first-order valence-electron chi connectivity index (χ1n) is 6.79. The molecule has 0 amide bonds. The quantitative estimate of drug-likeness (QED) is 0.490. The fourth-order valence-corrected chi connectivity index (χ4v) is 3.03. The van der Waals surface area contributed by atoms with Crippen LogP contribution >= 0.6 is 0 Å². The van der Waals surface area contributed by atoms with Crippen LogP contribution in [0.1, 0.15) is 25.7 Å². The van der Waals surface area contributed by atoms with E-state index in [1.807, 2.05) is 19.0 Å². The minimum Gasteiger partial charge on any atom is -0.480 e. The molecule has 1 rings (SSSR count). The SMILES string of the molecule is CN(C)C[C@H]1CCC(CCB(O)O)C[C@]1(N)C(=O)O. The van der Waals surface area contributed by atoms with E-state index in [0.29, 0.717) is 19.4 Å². The van der Waals surface area contributed by atoms with Gasteiger partial charge < -0.3 is 25.8 Å². The summed E-state index contributed by atoms with van der Waals surface area (Å²) in [6, 6.07) is 0. The molecule has 0 bridgehead atoms. The highest BCUT2D eigenvalue weighted by Crippen LogP contribution is 2.38. The number of aliphatic carboxylic acids is 1. The van der Waals surface area contributed by atoms with Gasteiger partial charge in [-0.2, -0.15) is 0 Å². The third-order valence-corrected chi connectivity index (χ3v) is 4.10. The van der Waals surface area contributed by atoms with E-state index < -0.39 is 18.6 Å². The van der Waals surface area contributed by atoms with E-state index in [4.69, 9.17) is 15.8 Å². The Morgan fingerprint density at radius 1 is 1.42 bits per heavy atom. The molecule has 7 heteroatoms. The summed E-state index contributed by atoms with van der Waals surface area (Å²) in [6.07, 6.45) is 2.97. The molecule has 0 heterocycles. The summed E-state index contributed by atoms with van der Waals surface area (Å²) in [5.74, 6) is -0.856. The largest absolute Gasteiger partial charge is 0.480 e. The Morgan fingerprint density at radius 3 is 2.53 bits per heavy atom. The lowest BCUT2D eigenvalue weighted by Gasteiger charge is -2.42. The molecule has 0 radical (unpaired) electrons. The lowest BCUT2D eigenvalue weighted by atomic mass is 9.66. The summed E-state index contributed by atoms with van der Waals surface area (Å²) in [7, 11) is 2.50. The first-order chi connectivity index (χ1) is 8.75. The molecule has 19 heavy (non-hydrogen) atoms. The molecule has 110 valence electrons. The summed E-state index contributed by atoms with van der Waals surface area (Å²) >= 11 is 0. The van der Waals surface area contributed by atoms with E-state index in [1.54, 1.807) is 0 Å². The molecule has 0 aromatic carbocycles. The second-order valence-corrected chi connectivity index (χ2v) is 6.01. The maximum Gasteiger partial charge on any atom is 0.451 e. The average Bonchev–Trinajstić information content (AvgIpc) is 2.29. The first-order valence-corrected chi connectivity index (χ1v) is 6.79. The van der Waals surface area contributed by atoms with Crippen LogP contribution in [0.4, 0.5) is 0 Å². The summed E-state index contributed by atoms with van der Waals surface area (Å²) in [6.45, 7) is 0.665. The smallest absolute Gasteiger partial charge is 0.451 e. The predicted molar refractivity (Wildman–Crippen MR) is 73.6 cm³/mol. The van der Waals surface area contributed by atoms with Crippen molar-refractivity contribution in [2.45, 2.75) is 37.5 Å². The zero-order valence-corrected chi connectivity index (χ0v) is 11.7. The minimum atomic E-state index is -1.32. The van der Waals surface area contributed by atoms with E-state index in [-0.39, 0.29) is 18.2 Å². The van der Waals surface area contributed by atoms with Crippen molar-refractivity contribution >= 4 is 13.1 Å². The Hall–Kier alpha value is -0.625. The predicted octanol–water partition coefficient (Wildman–Crippen LogP) is -0.391. The van der Waals surface area contributed by atoms with Crippen LogP contribution in [0.5, 0.6) is 0 Å². The molecule has 5 N–H and O–H groups in total. The van der Waals surface area contributed by atoms with Gasteiger partial charge in [-0.15, -0.1) is 0 Å². The van der Waals surface area contributed by atoms with Gasteiger partial charge in [-0.25, -0.2) is 0 Å². The van der Waals surface area contributed by atoms with E-state index in [2.05, 4.69) is 0 Å². The van der Waals surface area contributed by atoms with Gasteiger partial charge in [0, 0.05) is 12.5 Å². The van der Waals surface area contributed by atoms with Crippen LogP contribution in [0, 0.1) is 11.8 Å². The maximum absolute atomic E-state index is 11.5. The highest BCUT2D eigenvalue weighted by molar-refractivity contribution is 6.40. The zero-order valence-electron chi connectivity index (χ0n) is 11.7. The number of carboxylic acids is 1. The second kappa shape index (κ2) is 6.70. The highest BCUT2D eigenvalue weighted by atomic mass is 16.4. The van der Waals surface area contributed by atoms with Gasteiger partial charge in [0.25, 0.3) is 0 Å². The van der Waals surface area contributed by atoms with E-state index in [9.17, 15) is 9.90 Å². The maximum atomic E-state index is 11.5. The van der Waals surface area contributed by atoms with E-state index in [0.717, 1.165) is 12.8 Å². The number of rotatable bonds is 6. The van der Waals surface area contributed by atoms with Gasteiger partial charge in [0.2, 0.25) is 0 Å². The molecule has 6 nitrogen and oxygen atoms in total. The van der Waals surface area contributed by atoms with Gasteiger partial charge in [-0.1, -0.05) is 6.42 Å². The third-order valence-electron chi connectivity index (χ3n) is 4.10. The van der Waals surface area contributed by atoms with Crippen LogP contribution in [0.25, 0.3) is 0 Å². The Kier molecular flexibility index (Phi) is 5.79. The number of hydrogen-bond acceptors (Lipinski definition) is 5. The molecule has 1 fully saturated rings. The number of carbonyl (C=O) groups is 1. The minimum absolute atomic E-state index is 0.0599. The van der Waals surface area contributed by atoms with Gasteiger partial charge in [0.05, 0.1) is 0 Å². The van der Waals surface area contributed by atoms with Gasteiger partial charge in [-0.3, -0.25) is 4.79 Å². The third kappa shape index (κ3) is 4.45. The Morgan fingerprint density at radius 2 is 2.05 bits per heavy atom. The van der Waals surface area contributed by atoms with Gasteiger partial charge in [0.15, 0.2) is 0 Å². The van der Waals surface area contributed by atoms with Crippen LogP contribution in [-0.2, 0) is 4.79 Å². The Bertz CT molecular complexity index is 314. The number of carboxylic acid groups (broad SMARTS) is 1. The van der Waals surface area contributed by atoms with Crippen molar-refractivity contribution in [2.75, 3.05) is 20.6 Å². The summed E-state index contributed by atoms with van der Waals surface area (Å²) in [5.41, 5.74) is 4.94. The van der Waals surface area contributed by atoms with Crippen LogP contribution in [-0.4, -0.2) is 59.3 Å². The number of hydrogen-bond donors (Lipinski definition) is 4. The van der Waals surface area contributed by atoms with Gasteiger partial charge in [-0.05, 0) is 45.6 Å². The van der Waals surface area contributed by atoms with Crippen molar-refractivity contribution in [2.24, 2.45) is 17.6 Å². The number of nitrogens with two attached hydrogens (primary N) is 1. The molecule has 0 saturated heterocycles. The summed E-state index contributed by atoms with van der Waals surface area (Å²) in [4.78, 5) is 13.5. The molecule has 0 aromatic rings. The molecule has 0 spiro atoms. The van der Waals surface area contributed by atoms with Crippen LogP contribution in [0.15, 0.2) is 0 Å². The molecule has 3 atom stereocenters. The van der Waals surface area contributed by atoms with E-state index >= 15 is 0 Å². The number of nitrogens with zero attached hydrogens (tertiary/aromatic N) is 1. The molecule has 0 aromatic heterocycles. The van der Waals surface area contributed by atoms with Crippen molar-refractivity contribution in [1.29, 1.82) is 0 Å². The monoisotopic (exact) mass is 272 g/mol. The normalized spacial score (nSPS) is 31.5. The van der Waals surface area contributed by atoms with Gasteiger partial charge >= 0.3 is 13.1 Å². The first kappa shape index (κ1) is 16.4. The van der Waals surface area contributed by atoms with Crippen molar-refractivity contribution in [3.8, 4) is 0 Å². The lowest BCUT2D eigenvalue weighted by Crippen LogP contribution is -2.59. The molecular formula is C12H25BN2O4. The van der Waals surface area contributed by atoms with Crippen molar-refractivity contribution in [3.05, 3.63) is 0 Å². The molecule has 1 saturated carbocycles. The van der Waals surface area contributed by atoms with Gasteiger partial charge in [0.1, 0.15) is 5.54 Å². The molecule has 1 unspecified atom stereocenters. The highest BCUT2D eigenvalue weighted by Gasteiger charge is 2.46. The summed E-state index contributed by atoms with van der Waals surface area (Å²) < 4.78 is 0. The van der Waals surface area contributed by atoms with Crippen molar-refractivity contribution in [3.63, 3.8) is 0 Å². The topological polar surface area (TPSA) is 107 Å². The fourth-order valence-electron chi connectivity index (χ4n) is 3.03. The summed E-state index contributed by atoms with van der Waals surface area (Å²) in [5, 5.41) is 27.2. The van der Waals surface area contributed by atoms with Crippen LogP contribution in [0.3, 0.4) is 0 Å². The zero-order chi connectivity index (χ0) is 14.6. The molecule has 0 aliphatic heterocycles. The van der Waals surface area contributed by atoms with Crippen LogP contribution < -0.4 is 5.73 Å². The second-order valence-electron chi connectivity index (χ2n) is 6.01. The standard InChI is InChI=1S/C12H25BN2O4/c1-15(2)8-10-4-3-9(5-6-13(18)19)7-12(10,14)11(16)17/h9-10,18-19H,3-8,14H2,1-2H3,(H,16,17)/t9?,10-,12-/m1/s1. The lowest BCUT2D eigenvalue weighted by molar-refractivity contribution is -0.148.